The van der Waals surface area contributed by atoms with Crippen molar-refractivity contribution in [3.8, 4) is 5.75 Å². The molecule has 3 heterocycles. The van der Waals surface area contributed by atoms with Crippen LogP contribution in [0.25, 0.3) is 0 Å². The molecule has 2 bridgehead atoms. The van der Waals surface area contributed by atoms with E-state index in [1.807, 2.05) is 0 Å². The summed E-state index contributed by atoms with van der Waals surface area (Å²) in [6.45, 7) is 3.19. The second kappa shape index (κ2) is 7.50. The van der Waals surface area contributed by atoms with E-state index in [-0.39, 0.29) is 49.3 Å². The van der Waals surface area contributed by atoms with E-state index in [1.165, 1.54) is 22.1 Å². The Kier molecular flexibility index (Phi) is 5.10. The molecule has 1 aromatic rings. The van der Waals surface area contributed by atoms with Crippen LogP contribution in [0.15, 0.2) is 12.1 Å². The molecule has 11 heteroatoms. The first-order chi connectivity index (χ1) is 14.7. The highest BCUT2D eigenvalue weighted by molar-refractivity contribution is 5.84. The Labute approximate surface area is 177 Å². The van der Waals surface area contributed by atoms with E-state index in [0.29, 0.717) is 17.5 Å². The monoisotopic (exact) mass is 433 g/mol. The van der Waals surface area contributed by atoms with Gasteiger partial charge in [-0.25, -0.2) is 14.7 Å². The van der Waals surface area contributed by atoms with Gasteiger partial charge in [0.05, 0.1) is 24.2 Å². The summed E-state index contributed by atoms with van der Waals surface area (Å²) in [5.41, 5.74) is 6.07. The quantitative estimate of drug-likeness (QED) is 0.282. The van der Waals surface area contributed by atoms with Gasteiger partial charge < -0.3 is 25.2 Å². The molecule has 1 aromatic carbocycles. The van der Waals surface area contributed by atoms with E-state index in [1.54, 1.807) is 13.8 Å². The van der Waals surface area contributed by atoms with Gasteiger partial charge in [-0.05, 0) is 12.1 Å². The summed E-state index contributed by atoms with van der Waals surface area (Å²) in [6.07, 6.45) is -0.145. The number of carbonyl (C=O) groups excluding carboxylic acids is 4. The Morgan fingerprint density at radius 2 is 2.06 bits per heavy atom. The summed E-state index contributed by atoms with van der Waals surface area (Å²) in [4.78, 5) is 54.6. The largest absolute Gasteiger partial charge is 0.449 e. The minimum absolute atomic E-state index is 0.0451. The Morgan fingerprint density at radius 1 is 1.32 bits per heavy atom. The minimum atomic E-state index is -1.95. The molecular formula is C20H23N3O8. The number of esters is 1. The summed E-state index contributed by atoms with van der Waals surface area (Å²) >= 11 is 0. The maximum atomic E-state index is 12.4. The fourth-order valence-electron chi connectivity index (χ4n) is 4.43. The first-order valence-corrected chi connectivity index (χ1v) is 10.0. The molecule has 4 unspecified atom stereocenters. The van der Waals surface area contributed by atoms with Gasteiger partial charge in [0.1, 0.15) is 24.7 Å². The van der Waals surface area contributed by atoms with Crippen LogP contribution in [0.3, 0.4) is 0 Å². The van der Waals surface area contributed by atoms with Crippen molar-refractivity contribution < 1.29 is 38.6 Å². The van der Waals surface area contributed by atoms with Crippen molar-refractivity contribution in [1.82, 2.24) is 4.90 Å². The number of anilines is 1. The normalized spacial score (nSPS) is 27.6. The number of nitrogens with zero attached hydrogens (tertiary/aromatic N) is 2. The van der Waals surface area contributed by atoms with Crippen LogP contribution in [0.5, 0.6) is 5.75 Å². The zero-order valence-corrected chi connectivity index (χ0v) is 17.1. The molecule has 2 amide bonds. The molecular weight excluding hydrogens is 410 g/mol. The van der Waals surface area contributed by atoms with Gasteiger partial charge in [-0.15, -0.1) is 0 Å². The highest BCUT2D eigenvalue weighted by atomic mass is 16.8. The highest BCUT2D eigenvalue weighted by Gasteiger charge is 2.71. The van der Waals surface area contributed by atoms with Gasteiger partial charge in [0.15, 0.2) is 0 Å². The lowest BCUT2D eigenvalue weighted by Crippen LogP contribution is -2.59. The van der Waals surface area contributed by atoms with Crippen LogP contribution in [0.1, 0.15) is 48.5 Å². The minimum Gasteiger partial charge on any atom is -0.449 e. The molecule has 3 N–H and O–H groups in total. The summed E-state index contributed by atoms with van der Waals surface area (Å²) in [7, 11) is 0. The molecule has 4 atom stereocenters. The first-order valence-electron chi connectivity index (χ1n) is 10.0. The van der Waals surface area contributed by atoms with Gasteiger partial charge in [-0.2, -0.15) is 0 Å². The summed E-state index contributed by atoms with van der Waals surface area (Å²) < 4.78 is 10.4. The smallest absolute Gasteiger partial charge is 0.404 e. The number of hydroxylamine groups is 1. The third-order valence-corrected chi connectivity index (χ3v) is 5.86. The third-order valence-electron chi connectivity index (χ3n) is 5.86. The number of primary amides is 1. The van der Waals surface area contributed by atoms with Crippen molar-refractivity contribution in [3.63, 3.8) is 0 Å². The molecule has 166 valence electrons. The van der Waals surface area contributed by atoms with Gasteiger partial charge in [0.2, 0.25) is 11.7 Å². The fraction of sp³-hybridized carbons (Fsp3) is 0.500. The number of hydrogen-bond acceptors (Lipinski definition) is 9. The van der Waals surface area contributed by atoms with E-state index >= 15 is 0 Å². The molecule has 2 saturated heterocycles. The molecule has 31 heavy (non-hydrogen) atoms. The number of rotatable bonds is 6. The molecule has 2 fully saturated rings. The van der Waals surface area contributed by atoms with Gasteiger partial charge in [0, 0.05) is 24.0 Å². The van der Waals surface area contributed by atoms with Gasteiger partial charge in [-0.3, -0.25) is 14.4 Å². The van der Waals surface area contributed by atoms with E-state index in [2.05, 4.69) is 0 Å². The Morgan fingerprint density at radius 3 is 2.68 bits per heavy atom. The van der Waals surface area contributed by atoms with E-state index < -0.39 is 29.8 Å². The molecule has 3 aliphatic rings. The van der Waals surface area contributed by atoms with Gasteiger partial charge >= 0.3 is 12.1 Å². The van der Waals surface area contributed by atoms with Crippen LogP contribution in [0.2, 0.25) is 0 Å². The number of fused-ring (bicyclic) bond motifs is 6. The Bertz CT molecular complexity index is 966. The summed E-state index contributed by atoms with van der Waals surface area (Å²) in [6, 6.07) is 1.90. The average Bonchev–Trinajstić information content (AvgIpc) is 3.48. The van der Waals surface area contributed by atoms with Crippen LogP contribution in [-0.4, -0.2) is 65.3 Å². The topological polar surface area (TPSA) is 148 Å². The molecule has 0 radical (unpaired) electrons. The number of nitrogens with two attached hydrogens (primary N) is 1. The van der Waals surface area contributed by atoms with Gasteiger partial charge in [0.25, 0.3) is 0 Å². The summed E-state index contributed by atoms with van der Waals surface area (Å²) in [5.74, 6) is -3.65. The molecule has 0 aliphatic carbocycles. The number of hydrogen-bond donors (Lipinski definition) is 2. The Hall–Kier alpha value is -3.18. The standard InChI is InChI=1S/C20H23N3O8/c1-3-15(25)23-13-7-22-12-5-10(8-24)6-14(30-16(26)4-2)17(12)11(9-29-19(21)27)20(28,31-22)18(13)23/h5-6,8,11,13,18,28H,3-4,7,9H2,1-2H3,(H2,21,27). The third kappa shape index (κ3) is 3.29. The van der Waals surface area contributed by atoms with Crippen molar-refractivity contribution in [2.24, 2.45) is 5.73 Å². The number of ether oxygens (including phenoxy) is 2. The highest BCUT2D eigenvalue weighted by Crippen LogP contribution is 2.57. The van der Waals surface area contributed by atoms with E-state index in [9.17, 15) is 24.3 Å². The van der Waals surface area contributed by atoms with E-state index in [4.69, 9.17) is 20.0 Å². The predicted molar refractivity (Wildman–Crippen MR) is 104 cm³/mol. The van der Waals surface area contributed by atoms with Gasteiger partial charge in [-0.1, -0.05) is 13.8 Å². The van der Waals surface area contributed by atoms with Crippen LogP contribution in [-0.2, 0) is 19.2 Å². The molecule has 3 aliphatic heterocycles. The molecule has 0 spiro atoms. The number of amides is 2. The Balaban J connectivity index is 1.86. The molecule has 11 nitrogen and oxygen atoms in total. The predicted octanol–water partition coefficient (Wildman–Crippen LogP) is 0.437. The number of benzene rings is 1. The second-order valence-electron chi connectivity index (χ2n) is 7.65. The van der Waals surface area contributed by atoms with E-state index in [0.717, 1.165) is 0 Å². The SMILES string of the molecule is CCC(=O)Oc1cc(C=O)cc2c1C(COC(N)=O)C1(O)ON2CC2C1N2C(=O)CC. The van der Waals surface area contributed by atoms with Crippen molar-refractivity contribution in [2.75, 3.05) is 18.2 Å². The lowest BCUT2D eigenvalue weighted by molar-refractivity contribution is -0.250. The summed E-state index contributed by atoms with van der Waals surface area (Å²) in [5, 5.41) is 13.0. The van der Waals surface area contributed by atoms with Crippen LogP contribution in [0.4, 0.5) is 10.5 Å². The molecule has 0 aromatic heterocycles. The van der Waals surface area contributed by atoms with Crippen molar-refractivity contribution in [2.45, 2.75) is 50.5 Å². The van der Waals surface area contributed by atoms with Crippen LogP contribution >= 0.6 is 0 Å². The number of aldehydes is 1. The maximum absolute atomic E-state index is 12.4. The maximum Gasteiger partial charge on any atom is 0.404 e. The zero-order chi connectivity index (χ0) is 22.5. The number of carbonyl (C=O) groups is 4. The molecule has 4 rings (SSSR count). The van der Waals surface area contributed by atoms with Crippen molar-refractivity contribution >= 4 is 29.9 Å². The van der Waals surface area contributed by atoms with Crippen LogP contribution < -0.4 is 15.5 Å². The van der Waals surface area contributed by atoms with Crippen molar-refractivity contribution in [3.05, 3.63) is 23.3 Å². The lowest BCUT2D eigenvalue weighted by Gasteiger charge is -2.47. The fourth-order valence-corrected chi connectivity index (χ4v) is 4.43. The average molecular weight is 433 g/mol. The first kappa shape index (κ1) is 21.1. The number of aliphatic hydroxyl groups is 1. The zero-order valence-electron chi connectivity index (χ0n) is 17.1. The second-order valence-corrected chi connectivity index (χ2v) is 7.65. The van der Waals surface area contributed by atoms with Crippen molar-refractivity contribution in [1.29, 1.82) is 0 Å². The van der Waals surface area contributed by atoms with Crippen LogP contribution in [0, 0.1) is 0 Å². The molecule has 0 saturated carbocycles. The lowest BCUT2D eigenvalue weighted by atomic mass is 9.82.